The van der Waals surface area contributed by atoms with E-state index in [4.69, 9.17) is 0 Å². The van der Waals surface area contributed by atoms with Crippen LogP contribution in [0.4, 0.5) is 0 Å². The first kappa shape index (κ1) is 21.1. The fraction of sp³-hybridized carbons (Fsp3) is 0.667. The molecule has 0 unspecified atom stereocenters. The summed E-state index contributed by atoms with van der Waals surface area (Å²) in [5.74, 6) is 2.29. The molecule has 0 spiro atoms. The lowest BCUT2D eigenvalue weighted by atomic mass is 9.53. The Balaban J connectivity index is 1.20. The van der Waals surface area contributed by atoms with Crippen molar-refractivity contribution in [2.45, 2.75) is 68.7 Å². The summed E-state index contributed by atoms with van der Waals surface area (Å²) in [7, 11) is -3.61. The average Bonchev–Trinajstić information content (AvgIpc) is 2.72. The molecule has 0 radical (unpaired) electrons. The summed E-state index contributed by atoms with van der Waals surface area (Å²) < 4.78 is 27.4. The van der Waals surface area contributed by atoms with Crippen LogP contribution >= 0.6 is 0 Å². The Hall–Kier alpha value is -1.73. The van der Waals surface area contributed by atoms with Gasteiger partial charge in [0.1, 0.15) is 0 Å². The molecule has 6 nitrogen and oxygen atoms in total. The summed E-state index contributed by atoms with van der Waals surface area (Å²) in [6, 6.07) is 6.11. The van der Waals surface area contributed by atoms with Gasteiger partial charge in [0, 0.05) is 30.1 Å². The maximum absolute atomic E-state index is 13.1. The number of Topliss-reactive ketones (excluding diaryl/α,β-unsaturated/α-hetero) is 1. The van der Waals surface area contributed by atoms with E-state index in [-0.39, 0.29) is 28.0 Å². The standard InChI is InChI=1S/C24H32N2O4S/c1-16(27)20-2-4-22(5-3-20)31(29,30)26-8-6-21(7-9-26)23(28)25-24-13-17-10-18(14-24)12-19(11-17)15-24/h2-5,17-19,21H,6-15H2,1H3,(H,25,28). The van der Waals surface area contributed by atoms with Gasteiger partial charge in [-0.3, -0.25) is 9.59 Å². The Labute approximate surface area is 184 Å². The zero-order valence-electron chi connectivity index (χ0n) is 18.2. The minimum atomic E-state index is -3.61. The van der Waals surface area contributed by atoms with E-state index in [1.165, 1.54) is 42.6 Å². The molecule has 5 fully saturated rings. The first-order valence-corrected chi connectivity index (χ1v) is 13.1. The van der Waals surface area contributed by atoms with Crippen LogP contribution in [0.1, 0.15) is 68.6 Å². The smallest absolute Gasteiger partial charge is 0.243 e. The number of carbonyl (C=O) groups excluding carboxylic acids is 2. The van der Waals surface area contributed by atoms with Crippen LogP contribution in [-0.4, -0.2) is 43.0 Å². The molecule has 1 heterocycles. The van der Waals surface area contributed by atoms with E-state index in [1.807, 2.05) is 0 Å². The molecule has 31 heavy (non-hydrogen) atoms. The van der Waals surface area contributed by atoms with Gasteiger partial charge in [-0.25, -0.2) is 8.42 Å². The van der Waals surface area contributed by atoms with Crippen molar-refractivity contribution in [3.8, 4) is 0 Å². The number of benzene rings is 1. The Morgan fingerprint density at radius 2 is 1.45 bits per heavy atom. The summed E-state index contributed by atoms with van der Waals surface area (Å²) in [6.45, 7) is 2.17. The van der Waals surface area contributed by atoms with Crippen molar-refractivity contribution < 1.29 is 18.0 Å². The van der Waals surface area contributed by atoms with Crippen LogP contribution < -0.4 is 5.32 Å². The van der Waals surface area contributed by atoms with Crippen molar-refractivity contribution in [1.82, 2.24) is 9.62 Å². The molecule has 0 aromatic heterocycles. The minimum absolute atomic E-state index is 0.00744. The third-order valence-electron chi connectivity index (χ3n) is 8.15. The van der Waals surface area contributed by atoms with Crippen molar-refractivity contribution in [1.29, 1.82) is 0 Å². The van der Waals surface area contributed by atoms with Crippen LogP contribution in [0, 0.1) is 23.7 Å². The van der Waals surface area contributed by atoms with Gasteiger partial charge in [-0.2, -0.15) is 4.31 Å². The zero-order valence-corrected chi connectivity index (χ0v) is 19.0. The first-order valence-electron chi connectivity index (χ1n) is 11.7. The van der Waals surface area contributed by atoms with Gasteiger partial charge in [0.15, 0.2) is 5.78 Å². The topological polar surface area (TPSA) is 83.6 Å². The highest BCUT2D eigenvalue weighted by Gasteiger charge is 2.52. The molecule has 4 bridgehead atoms. The Morgan fingerprint density at radius 3 is 1.94 bits per heavy atom. The van der Waals surface area contributed by atoms with E-state index in [1.54, 1.807) is 12.1 Å². The third kappa shape index (κ3) is 3.95. The Bertz CT molecular complexity index is 942. The second-order valence-electron chi connectivity index (χ2n) is 10.4. The number of amides is 1. The van der Waals surface area contributed by atoms with Crippen LogP contribution in [0.15, 0.2) is 29.2 Å². The fourth-order valence-corrected chi connectivity index (χ4v) is 8.47. The van der Waals surface area contributed by atoms with E-state index in [0.29, 0.717) is 31.5 Å². The van der Waals surface area contributed by atoms with Gasteiger partial charge >= 0.3 is 0 Å². The maximum atomic E-state index is 13.1. The number of rotatable bonds is 5. The first-order chi connectivity index (χ1) is 14.7. The molecule has 4 saturated carbocycles. The fourth-order valence-electron chi connectivity index (χ4n) is 7.00. The number of piperidine rings is 1. The van der Waals surface area contributed by atoms with E-state index < -0.39 is 10.0 Å². The molecule has 6 rings (SSSR count). The lowest BCUT2D eigenvalue weighted by Gasteiger charge is -2.57. The van der Waals surface area contributed by atoms with Crippen molar-refractivity contribution >= 4 is 21.7 Å². The molecule has 1 aliphatic heterocycles. The molecule has 1 aromatic carbocycles. The van der Waals surface area contributed by atoms with Gasteiger partial charge in [0.25, 0.3) is 0 Å². The lowest BCUT2D eigenvalue weighted by molar-refractivity contribution is -0.132. The number of nitrogens with one attached hydrogen (secondary N) is 1. The summed E-state index contributed by atoms with van der Waals surface area (Å²) in [5.41, 5.74) is 0.507. The van der Waals surface area contributed by atoms with Crippen molar-refractivity contribution in [2.75, 3.05) is 13.1 Å². The highest BCUT2D eigenvalue weighted by atomic mass is 32.2. The third-order valence-corrected chi connectivity index (χ3v) is 10.1. The number of sulfonamides is 1. The SMILES string of the molecule is CC(=O)c1ccc(S(=O)(=O)N2CCC(C(=O)NC34CC5CC(CC(C5)C3)C4)CC2)cc1. The molecule has 168 valence electrons. The Kier molecular flexibility index (Phi) is 5.25. The van der Waals surface area contributed by atoms with Gasteiger partial charge in [0.2, 0.25) is 15.9 Å². The molecule has 7 heteroatoms. The van der Waals surface area contributed by atoms with Gasteiger partial charge in [-0.1, -0.05) is 12.1 Å². The molecule has 1 saturated heterocycles. The molecule has 4 aliphatic carbocycles. The number of hydrogen-bond acceptors (Lipinski definition) is 4. The van der Waals surface area contributed by atoms with E-state index in [9.17, 15) is 18.0 Å². The second kappa shape index (κ2) is 7.69. The van der Waals surface area contributed by atoms with Crippen molar-refractivity contribution in [3.63, 3.8) is 0 Å². The largest absolute Gasteiger partial charge is 0.350 e. The van der Waals surface area contributed by atoms with Gasteiger partial charge in [-0.05, 0) is 88.2 Å². The van der Waals surface area contributed by atoms with Crippen LogP contribution in [0.3, 0.4) is 0 Å². The minimum Gasteiger partial charge on any atom is -0.350 e. The summed E-state index contributed by atoms with van der Waals surface area (Å²) >= 11 is 0. The van der Waals surface area contributed by atoms with E-state index >= 15 is 0 Å². The van der Waals surface area contributed by atoms with E-state index in [2.05, 4.69) is 5.32 Å². The van der Waals surface area contributed by atoms with Crippen LogP contribution in [0.2, 0.25) is 0 Å². The lowest BCUT2D eigenvalue weighted by Crippen LogP contribution is -2.61. The quantitative estimate of drug-likeness (QED) is 0.706. The predicted molar refractivity (Wildman–Crippen MR) is 117 cm³/mol. The zero-order chi connectivity index (χ0) is 21.8. The van der Waals surface area contributed by atoms with Crippen LogP contribution in [0.25, 0.3) is 0 Å². The number of carbonyl (C=O) groups is 2. The van der Waals surface area contributed by atoms with Gasteiger partial charge in [0.05, 0.1) is 4.90 Å². The molecule has 5 aliphatic rings. The second-order valence-corrected chi connectivity index (χ2v) is 12.4. The molecule has 0 atom stereocenters. The van der Waals surface area contributed by atoms with E-state index in [0.717, 1.165) is 37.0 Å². The number of nitrogens with zero attached hydrogens (tertiary/aromatic N) is 1. The molecule has 1 N–H and O–H groups in total. The summed E-state index contributed by atoms with van der Waals surface area (Å²) in [4.78, 5) is 24.7. The van der Waals surface area contributed by atoms with Crippen LogP contribution in [-0.2, 0) is 14.8 Å². The molecular formula is C24H32N2O4S. The van der Waals surface area contributed by atoms with Crippen molar-refractivity contribution in [2.24, 2.45) is 23.7 Å². The number of ketones is 1. The molecule has 1 amide bonds. The van der Waals surface area contributed by atoms with Gasteiger partial charge in [-0.15, -0.1) is 0 Å². The Morgan fingerprint density at radius 1 is 0.935 bits per heavy atom. The highest BCUT2D eigenvalue weighted by Crippen LogP contribution is 2.55. The summed E-state index contributed by atoms with van der Waals surface area (Å²) in [5, 5.41) is 3.46. The average molecular weight is 445 g/mol. The number of hydrogen-bond donors (Lipinski definition) is 1. The normalized spacial score (nSPS) is 33.4. The monoisotopic (exact) mass is 444 g/mol. The molecule has 1 aromatic rings. The van der Waals surface area contributed by atoms with Crippen LogP contribution in [0.5, 0.6) is 0 Å². The summed E-state index contributed by atoms with van der Waals surface area (Å²) in [6.07, 6.45) is 8.55. The van der Waals surface area contributed by atoms with Crippen molar-refractivity contribution in [3.05, 3.63) is 29.8 Å². The van der Waals surface area contributed by atoms with Gasteiger partial charge < -0.3 is 5.32 Å². The highest BCUT2D eigenvalue weighted by molar-refractivity contribution is 7.89. The maximum Gasteiger partial charge on any atom is 0.243 e. The molecular weight excluding hydrogens is 412 g/mol. The predicted octanol–water partition coefficient (Wildman–Crippen LogP) is 3.37.